The van der Waals surface area contributed by atoms with Crippen molar-refractivity contribution in [2.75, 3.05) is 30.4 Å². The molecular formula is C23H22F2N2O5S. The standard InChI is InChI=1S/C23H22F2N2O5S/c1-15-7-10-21(32-3)22(11-15)33(29,30)27(17-5-4-6-18(13-17)31-2)14-23(28)26-20-12-16(24)8-9-19(20)25/h4-13H,14H2,1-3H3,(H,26,28). The van der Waals surface area contributed by atoms with Crippen LogP contribution in [-0.4, -0.2) is 35.1 Å². The molecule has 33 heavy (non-hydrogen) atoms. The van der Waals surface area contributed by atoms with Gasteiger partial charge in [0.2, 0.25) is 5.91 Å². The molecule has 1 amide bonds. The molecule has 1 N–H and O–H groups in total. The van der Waals surface area contributed by atoms with Gasteiger partial charge in [0.05, 0.1) is 25.6 Å². The molecule has 7 nitrogen and oxygen atoms in total. The lowest BCUT2D eigenvalue weighted by Crippen LogP contribution is -2.38. The van der Waals surface area contributed by atoms with Crippen LogP contribution >= 0.6 is 0 Å². The first-order valence-electron chi connectivity index (χ1n) is 9.72. The Morgan fingerprint density at radius 2 is 1.76 bits per heavy atom. The molecule has 0 fully saturated rings. The van der Waals surface area contributed by atoms with Gasteiger partial charge in [-0.15, -0.1) is 0 Å². The Morgan fingerprint density at radius 1 is 1.00 bits per heavy atom. The second-order valence-electron chi connectivity index (χ2n) is 7.04. The third-order valence-corrected chi connectivity index (χ3v) is 6.51. The van der Waals surface area contributed by atoms with E-state index in [0.717, 1.165) is 22.5 Å². The Bertz CT molecular complexity index is 1280. The highest BCUT2D eigenvalue weighted by atomic mass is 32.2. The van der Waals surface area contributed by atoms with Crippen LogP contribution in [0.3, 0.4) is 0 Å². The summed E-state index contributed by atoms with van der Waals surface area (Å²) in [6, 6.07) is 13.3. The molecule has 10 heteroatoms. The quantitative estimate of drug-likeness (QED) is 0.529. The molecular weight excluding hydrogens is 454 g/mol. The van der Waals surface area contributed by atoms with Crippen molar-refractivity contribution in [3.05, 3.63) is 77.9 Å². The number of carbonyl (C=O) groups excluding carboxylic acids is 1. The van der Waals surface area contributed by atoms with E-state index in [1.165, 1.54) is 38.5 Å². The zero-order chi connectivity index (χ0) is 24.2. The Balaban J connectivity index is 2.06. The summed E-state index contributed by atoms with van der Waals surface area (Å²) < 4.78 is 66.1. The first kappa shape index (κ1) is 24.0. The van der Waals surface area contributed by atoms with Crippen molar-refractivity contribution < 1.29 is 31.5 Å². The summed E-state index contributed by atoms with van der Waals surface area (Å²) in [7, 11) is -1.58. The summed E-state index contributed by atoms with van der Waals surface area (Å²) in [6.07, 6.45) is 0. The number of hydrogen-bond donors (Lipinski definition) is 1. The van der Waals surface area contributed by atoms with Gasteiger partial charge in [-0.05, 0) is 48.9 Å². The maximum atomic E-state index is 14.0. The lowest BCUT2D eigenvalue weighted by atomic mass is 10.2. The van der Waals surface area contributed by atoms with Crippen LogP contribution in [0.25, 0.3) is 0 Å². The molecule has 0 heterocycles. The largest absolute Gasteiger partial charge is 0.497 e. The number of sulfonamides is 1. The Labute approximate surface area is 190 Å². The average molecular weight is 477 g/mol. The molecule has 0 spiro atoms. The van der Waals surface area contributed by atoms with Crippen molar-refractivity contribution in [3.63, 3.8) is 0 Å². The Hall–Kier alpha value is -3.66. The van der Waals surface area contributed by atoms with E-state index in [2.05, 4.69) is 5.32 Å². The first-order chi connectivity index (χ1) is 15.6. The molecule has 3 rings (SSSR count). The van der Waals surface area contributed by atoms with Gasteiger partial charge in [-0.1, -0.05) is 12.1 Å². The third kappa shape index (κ3) is 5.40. The van der Waals surface area contributed by atoms with Crippen molar-refractivity contribution in [3.8, 4) is 11.5 Å². The van der Waals surface area contributed by atoms with Crippen molar-refractivity contribution in [2.45, 2.75) is 11.8 Å². The van der Waals surface area contributed by atoms with E-state index in [1.54, 1.807) is 25.1 Å². The van der Waals surface area contributed by atoms with Crippen molar-refractivity contribution >= 4 is 27.3 Å². The number of carbonyl (C=O) groups is 1. The molecule has 0 aromatic heterocycles. The van der Waals surface area contributed by atoms with Gasteiger partial charge in [0.15, 0.2) is 0 Å². The van der Waals surface area contributed by atoms with Gasteiger partial charge in [-0.2, -0.15) is 0 Å². The molecule has 0 radical (unpaired) electrons. The summed E-state index contributed by atoms with van der Waals surface area (Å²) in [6.45, 7) is 0.996. The van der Waals surface area contributed by atoms with E-state index in [0.29, 0.717) is 11.3 Å². The van der Waals surface area contributed by atoms with E-state index in [4.69, 9.17) is 9.47 Å². The van der Waals surface area contributed by atoms with Crippen LogP contribution < -0.4 is 19.1 Å². The number of ether oxygens (including phenoxy) is 2. The summed E-state index contributed by atoms with van der Waals surface area (Å²) in [5.74, 6) is -2.04. The minimum atomic E-state index is -4.33. The number of nitrogens with one attached hydrogen (secondary N) is 1. The number of halogens is 2. The van der Waals surface area contributed by atoms with Gasteiger partial charge < -0.3 is 14.8 Å². The van der Waals surface area contributed by atoms with Gasteiger partial charge >= 0.3 is 0 Å². The van der Waals surface area contributed by atoms with Crippen LogP contribution in [0.4, 0.5) is 20.2 Å². The molecule has 0 aliphatic carbocycles. The zero-order valence-corrected chi connectivity index (χ0v) is 18.9. The maximum Gasteiger partial charge on any atom is 0.268 e. The number of rotatable bonds is 8. The predicted molar refractivity (Wildman–Crippen MR) is 120 cm³/mol. The monoisotopic (exact) mass is 476 g/mol. The second kappa shape index (κ2) is 9.86. The van der Waals surface area contributed by atoms with Crippen molar-refractivity contribution in [1.82, 2.24) is 0 Å². The van der Waals surface area contributed by atoms with E-state index in [-0.39, 0.29) is 16.3 Å². The number of amides is 1. The topological polar surface area (TPSA) is 84.9 Å². The minimum Gasteiger partial charge on any atom is -0.497 e. The molecule has 0 atom stereocenters. The number of benzene rings is 3. The van der Waals surface area contributed by atoms with E-state index < -0.39 is 39.8 Å². The van der Waals surface area contributed by atoms with E-state index in [9.17, 15) is 22.0 Å². The molecule has 0 saturated heterocycles. The highest BCUT2D eigenvalue weighted by Gasteiger charge is 2.30. The lowest BCUT2D eigenvalue weighted by Gasteiger charge is -2.25. The average Bonchev–Trinajstić information content (AvgIpc) is 2.79. The predicted octanol–water partition coefficient (Wildman–Crippen LogP) is 4.12. The van der Waals surface area contributed by atoms with E-state index in [1.807, 2.05) is 0 Å². The normalized spacial score (nSPS) is 11.1. The van der Waals surface area contributed by atoms with Gasteiger partial charge in [0, 0.05) is 12.1 Å². The van der Waals surface area contributed by atoms with Crippen LogP contribution in [0, 0.1) is 18.6 Å². The summed E-state index contributed by atoms with van der Waals surface area (Å²) in [5.41, 5.74) is 0.384. The summed E-state index contributed by atoms with van der Waals surface area (Å²) in [5, 5.41) is 2.22. The highest BCUT2D eigenvalue weighted by Crippen LogP contribution is 2.32. The van der Waals surface area contributed by atoms with Crippen molar-refractivity contribution in [2.24, 2.45) is 0 Å². The SMILES string of the molecule is COc1cccc(N(CC(=O)Nc2cc(F)ccc2F)S(=O)(=O)c2cc(C)ccc2OC)c1. The van der Waals surface area contributed by atoms with Gasteiger partial charge in [0.1, 0.15) is 34.6 Å². The molecule has 3 aromatic carbocycles. The summed E-state index contributed by atoms with van der Waals surface area (Å²) >= 11 is 0. The lowest BCUT2D eigenvalue weighted by molar-refractivity contribution is -0.114. The first-order valence-corrected chi connectivity index (χ1v) is 11.2. The smallest absolute Gasteiger partial charge is 0.268 e. The fraction of sp³-hybridized carbons (Fsp3) is 0.174. The number of nitrogens with zero attached hydrogens (tertiary/aromatic N) is 1. The van der Waals surface area contributed by atoms with E-state index >= 15 is 0 Å². The molecule has 0 aliphatic rings. The van der Waals surface area contributed by atoms with Crippen LogP contribution in [-0.2, 0) is 14.8 Å². The summed E-state index contributed by atoms with van der Waals surface area (Å²) in [4.78, 5) is 12.6. The van der Waals surface area contributed by atoms with Crippen LogP contribution in [0.5, 0.6) is 11.5 Å². The molecule has 174 valence electrons. The molecule has 0 bridgehead atoms. The minimum absolute atomic E-state index is 0.0880. The second-order valence-corrected chi connectivity index (χ2v) is 8.87. The van der Waals surface area contributed by atoms with Crippen molar-refractivity contribution in [1.29, 1.82) is 0 Å². The van der Waals surface area contributed by atoms with Crippen LogP contribution in [0.2, 0.25) is 0 Å². The fourth-order valence-corrected chi connectivity index (χ4v) is 4.75. The third-order valence-electron chi connectivity index (χ3n) is 4.72. The zero-order valence-electron chi connectivity index (χ0n) is 18.1. The highest BCUT2D eigenvalue weighted by molar-refractivity contribution is 7.93. The number of methoxy groups -OCH3 is 2. The molecule has 3 aromatic rings. The van der Waals surface area contributed by atoms with Crippen LogP contribution in [0.1, 0.15) is 5.56 Å². The Morgan fingerprint density at radius 3 is 2.45 bits per heavy atom. The van der Waals surface area contributed by atoms with Gasteiger partial charge in [0.25, 0.3) is 10.0 Å². The molecule has 0 aliphatic heterocycles. The molecule has 0 unspecified atom stereocenters. The Kier molecular flexibility index (Phi) is 7.17. The van der Waals surface area contributed by atoms with Crippen LogP contribution in [0.15, 0.2) is 65.6 Å². The number of hydrogen-bond acceptors (Lipinski definition) is 5. The van der Waals surface area contributed by atoms with Gasteiger partial charge in [-0.3, -0.25) is 9.10 Å². The molecule has 0 saturated carbocycles. The fourth-order valence-electron chi connectivity index (χ4n) is 3.10. The number of anilines is 2. The maximum absolute atomic E-state index is 14.0. The van der Waals surface area contributed by atoms with Gasteiger partial charge in [-0.25, -0.2) is 17.2 Å². The number of aryl methyl sites for hydroxylation is 1.